The second-order valence-corrected chi connectivity index (χ2v) is 4.94. The van der Waals surface area contributed by atoms with Crippen LogP contribution in [0, 0.1) is 17.0 Å². The predicted molar refractivity (Wildman–Crippen MR) is 72.6 cm³/mol. The van der Waals surface area contributed by atoms with Crippen LogP contribution >= 0.6 is 0 Å². The standard InChI is InChI=1S/C13H17N3O4/c1-8-4-3-5-9(12(8)16(19)20)13(18)15(2)10-6-14-7-11(10)17/h3-5,10-11,14,17H,6-7H2,1-2H3/t10-,11-/m0/s1. The molecule has 1 heterocycles. The molecule has 1 aromatic rings. The highest BCUT2D eigenvalue weighted by molar-refractivity contribution is 5.98. The predicted octanol–water partition coefficient (Wildman–Crippen LogP) is 0.308. The molecule has 20 heavy (non-hydrogen) atoms. The van der Waals surface area contributed by atoms with Crippen LogP contribution in [0.15, 0.2) is 18.2 Å². The average Bonchev–Trinajstić information content (AvgIpc) is 2.82. The topological polar surface area (TPSA) is 95.7 Å². The summed E-state index contributed by atoms with van der Waals surface area (Å²) < 4.78 is 0. The fraction of sp³-hybridized carbons (Fsp3) is 0.462. The molecule has 0 aromatic heterocycles. The van der Waals surface area contributed by atoms with E-state index in [4.69, 9.17) is 0 Å². The number of carbonyl (C=O) groups is 1. The van der Waals surface area contributed by atoms with Gasteiger partial charge in [0.1, 0.15) is 5.56 Å². The lowest BCUT2D eigenvalue weighted by atomic mass is 10.1. The number of nitrogens with one attached hydrogen (secondary N) is 1. The molecule has 2 atom stereocenters. The summed E-state index contributed by atoms with van der Waals surface area (Å²) in [6.07, 6.45) is -0.659. The third-order valence-corrected chi connectivity index (χ3v) is 3.62. The quantitative estimate of drug-likeness (QED) is 0.613. The number of hydrogen-bond donors (Lipinski definition) is 2. The number of nitro groups is 1. The van der Waals surface area contributed by atoms with Crippen molar-refractivity contribution >= 4 is 11.6 Å². The van der Waals surface area contributed by atoms with E-state index in [0.29, 0.717) is 18.7 Å². The van der Waals surface area contributed by atoms with Gasteiger partial charge in [-0.2, -0.15) is 0 Å². The zero-order valence-electron chi connectivity index (χ0n) is 11.4. The summed E-state index contributed by atoms with van der Waals surface area (Å²) in [5.74, 6) is -0.451. The van der Waals surface area contributed by atoms with Crippen LogP contribution in [-0.4, -0.2) is 53.1 Å². The van der Waals surface area contributed by atoms with Crippen LogP contribution in [0.5, 0.6) is 0 Å². The van der Waals surface area contributed by atoms with Gasteiger partial charge in [-0.1, -0.05) is 12.1 Å². The fourth-order valence-electron chi connectivity index (χ4n) is 2.46. The summed E-state index contributed by atoms with van der Waals surface area (Å²) in [5, 5.41) is 23.9. The highest BCUT2D eigenvalue weighted by Gasteiger charge is 2.34. The second kappa shape index (κ2) is 5.56. The summed E-state index contributed by atoms with van der Waals surface area (Å²) in [4.78, 5) is 24.4. The number of carbonyl (C=O) groups excluding carboxylic acids is 1. The van der Waals surface area contributed by atoms with E-state index in [1.807, 2.05) is 0 Å². The first-order valence-corrected chi connectivity index (χ1v) is 6.33. The van der Waals surface area contributed by atoms with Gasteiger partial charge in [0.2, 0.25) is 0 Å². The van der Waals surface area contributed by atoms with Crippen LogP contribution in [0.1, 0.15) is 15.9 Å². The lowest BCUT2D eigenvalue weighted by Gasteiger charge is -2.26. The summed E-state index contributed by atoms with van der Waals surface area (Å²) in [6, 6.07) is 4.29. The molecule has 0 bridgehead atoms. The second-order valence-electron chi connectivity index (χ2n) is 4.94. The average molecular weight is 279 g/mol. The SMILES string of the molecule is Cc1cccc(C(=O)N(C)[C@H]2CNC[C@@H]2O)c1[N+](=O)[O-]. The number of β-amino-alcohol motifs (C(OH)–C–C–N with tert-alkyl or cyclic N) is 1. The van der Waals surface area contributed by atoms with E-state index in [1.54, 1.807) is 26.1 Å². The van der Waals surface area contributed by atoms with Crippen LogP contribution in [0.4, 0.5) is 5.69 Å². The number of aliphatic hydroxyl groups excluding tert-OH is 1. The number of rotatable bonds is 3. The van der Waals surface area contributed by atoms with Gasteiger partial charge in [0.15, 0.2) is 0 Å². The number of aryl methyl sites for hydroxylation is 1. The molecule has 108 valence electrons. The maximum Gasteiger partial charge on any atom is 0.285 e. The van der Waals surface area contributed by atoms with Crippen molar-refractivity contribution in [3.05, 3.63) is 39.4 Å². The highest BCUT2D eigenvalue weighted by Crippen LogP contribution is 2.25. The van der Waals surface area contributed by atoms with Crippen LogP contribution in [-0.2, 0) is 0 Å². The molecule has 0 spiro atoms. The molecular formula is C13H17N3O4. The van der Waals surface area contributed by atoms with Crippen molar-refractivity contribution in [2.75, 3.05) is 20.1 Å². The molecule has 2 N–H and O–H groups in total. The Balaban J connectivity index is 2.34. The Morgan fingerprint density at radius 3 is 2.75 bits per heavy atom. The number of nitro benzene ring substituents is 1. The first-order chi connectivity index (χ1) is 9.43. The smallest absolute Gasteiger partial charge is 0.285 e. The molecule has 7 heteroatoms. The third kappa shape index (κ3) is 2.50. The van der Waals surface area contributed by atoms with Crippen molar-refractivity contribution in [1.82, 2.24) is 10.2 Å². The summed E-state index contributed by atoms with van der Waals surface area (Å²) in [6.45, 7) is 2.49. The van der Waals surface area contributed by atoms with E-state index < -0.39 is 16.9 Å². The van der Waals surface area contributed by atoms with Gasteiger partial charge in [0.05, 0.1) is 17.1 Å². The first kappa shape index (κ1) is 14.4. The molecule has 1 fully saturated rings. The largest absolute Gasteiger partial charge is 0.390 e. The molecule has 7 nitrogen and oxygen atoms in total. The third-order valence-electron chi connectivity index (χ3n) is 3.62. The van der Waals surface area contributed by atoms with Crippen molar-refractivity contribution < 1.29 is 14.8 Å². The van der Waals surface area contributed by atoms with Crippen molar-refractivity contribution in [3.63, 3.8) is 0 Å². The normalized spacial score (nSPS) is 21.8. The van der Waals surface area contributed by atoms with Crippen molar-refractivity contribution in [2.24, 2.45) is 0 Å². The maximum atomic E-state index is 12.4. The molecular weight excluding hydrogens is 262 g/mol. The molecule has 0 saturated carbocycles. The van der Waals surface area contributed by atoms with Crippen LogP contribution in [0.25, 0.3) is 0 Å². The van der Waals surface area contributed by atoms with E-state index in [0.717, 1.165) is 0 Å². The highest BCUT2D eigenvalue weighted by atomic mass is 16.6. The molecule has 0 unspecified atom stereocenters. The lowest BCUT2D eigenvalue weighted by Crippen LogP contribution is -2.44. The van der Waals surface area contributed by atoms with Gasteiger partial charge in [0, 0.05) is 25.7 Å². The Bertz CT molecular complexity index is 546. The molecule has 1 amide bonds. The van der Waals surface area contributed by atoms with Crippen LogP contribution in [0.2, 0.25) is 0 Å². The Morgan fingerprint density at radius 1 is 1.50 bits per heavy atom. The zero-order valence-corrected chi connectivity index (χ0v) is 11.4. The number of aliphatic hydroxyl groups is 1. The summed E-state index contributed by atoms with van der Waals surface area (Å²) in [7, 11) is 1.55. The van der Waals surface area contributed by atoms with Gasteiger partial charge in [-0.05, 0) is 13.0 Å². The Morgan fingerprint density at radius 2 is 2.20 bits per heavy atom. The molecule has 0 aliphatic carbocycles. The number of likely N-dealkylation sites (N-methyl/N-ethyl adjacent to an activating group) is 1. The van der Waals surface area contributed by atoms with Gasteiger partial charge in [0.25, 0.3) is 11.6 Å². The van der Waals surface area contributed by atoms with E-state index in [2.05, 4.69) is 5.32 Å². The number of amides is 1. The van der Waals surface area contributed by atoms with Crippen molar-refractivity contribution in [2.45, 2.75) is 19.1 Å². The Labute approximate surface area is 116 Å². The van der Waals surface area contributed by atoms with Crippen molar-refractivity contribution in [3.8, 4) is 0 Å². The van der Waals surface area contributed by atoms with Gasteiger partial charge in [-0.25, -0.2) is 0 Å². The fourth-order valence-corrected chi connectivity index (χ4v) is 2.46. The molecule has 0 radical (unpaired) electrons. The summed E-state index contributed by atoms with van der Waals surface area (Å²) in [5.41, 5.74) is 0.320. The molecule has 1 aliphatic rings. The number of nitrogens with zero attached hydrogens (tertiary/aromatic N) is 2. The van der Waals surface area contributed by atoms with Gasteiger partial charge >= 0.3 is 0 Å². The van der Waals surface area contributed by atoms with Crippen LogP contribution in [0.3, 0.4) is 0 Å². The van der Waals surface area contributed by atoms with E-state index in [-0.39, 0.29) is 17.3 Å². The van der Waals surface area contributed by atoms with Gasteiger partial charge in [-0.3, -0.25) is 14.9 Å². The minimum Gasteiger partial charge on any atom is -0.390 e. The van der Waals surface area contributed by atoms with Gasteiger partial charge < -0.3 is 15.3 Å². The minimum atomic E-state index is -0.659. The Kier molecular flexibility index (Phi) is 4.01. The van der Waals surface area contributed by atoms with Crippen molar-refractivity contribution in [1.29, 1.82) is 0 Å². The lowest BCUT2D eigenvalue weighted by molar-refractivity contribution is -0.385. The van der Waals surface area contributed by atoms with E-state index in [1.165, 1.54) is 11.0 Å². The van der Waals surface area contributed by atoms with E-state index in [9.17, 15) is 20.0 Å². The Hall–Kier alpha value is -1.99. The molecule has 1 aliphatic heterocycles. The van der Waals surface area contributed by atoms with E-state index >= 15 is 0 Å². The molecule has 1 saturated heterocycles. The van der Waals surface area contributed by atoms with Crippen LogP contribution < -0.4 is 5.32 Å². The number of hydrogen-bond acceptors (Lipinski definition) is 5. The molecule has 1 aromatic carbocycles. The summed E-state index contributed by atoms with van der Waals surface area (Å²) >= 11 is 0. The minimum absolute atomic E-state index is 0.0524. The van der Waals surface area contributed by atoms with Gasteiger partial charge in [-0.15, -0.1) is 0 Å². The first-order valence-electron chi connectivity index (χ1n) is 6.33. The molecule has 2 rings (SSSR count). The maximum absolute atomic E-state index is 12.4. The zero-order chi connectivity index (χ0) is 14.9. The monoisotopic (exact) mass is 279 g/mol. The number of para-hydroxylation sites is 1. The number of benzene rings is 1.